The largest absolute Gasteiger partial charge is 0.489 e. The van der Waals surface area contributed by atoms with Gasteiger partial charge >= 0.3 is 11.9 Å². The third-order valence-electron chi connectivity index (χ3n) is 4.35. The molecule has 0 spiro atoms. The fourth-order valence-electron chi connectivity index (χ4n) is 2.75. The molecule has 0 bridgehead atoms. The van der Waals surface area contributed by atoms with Crippen LogP contribution < -0.4 is 9.47 Å². The van der Waals surface area contributed by atoms with E-state index in [1.807, 2.05) is 24.3 Å². The molecule has 0 N–H and O–H groups in total. The van der Waals surface area contributed by atoms with Crippen LogP contribution in [0, 0.1) is 0 Å². The summed E-state index contributed by atoms with van der Waals surface area (Å²) >= 11 is 0. The summed E-state index contributed by atoms with van der Waals surface area (Å²) in [5, 5.41) is 0. The van der Waals surface area contributed by atoms with Crippen molar-refractivity contribution in [3.05, 3.63) is 95.1 Å². The Hall–Kier alpha value is -3.80. The Labute approximate surface area is 175 Å². The van der Waals surface area contributed by atoms with Crippen LogP contribution in [0.5, 0.6) is 11.5 Å². The minimum Gasteiger partial charge on any atom is -0.489 e. The highest BCUT2D eigenvalue weighted by molar-refractivity contribution is 5.89. The zero-order valence-corrected chi connectivity index (χ0v) is 16.8. The molecule has 0 aliphatic carbocycles. The van der Waals surface area contributed by atoms with E-state index >= 15 is 0 Å². The molecule has 0 saturated carbocycles. The number of ether oxygens (including phenoxy) is 4. The lowest BCUT2D eigenvalue weighted by molar-refractivity contribution is 0.0591. The van der Waals surface area contributed by atoms with Crippen LogP contribution in [0.2, 0.25) is 0 Å². The molecule has 0 heterocycles. The predicted molar refractivity (Wildman–Crippen MR) is 111 cm³/mol. The number of esters is 2. The van der Waals surface area contributed by atoms with E-state index in [9.17, 15) is 9.59 Å². The molecule has 0 aromatic heterocycles. The summed E-state index contributed by atoms with van der Waals surface area (Å²) in [7, 11) is 2.70. The summed E-state index contributed by atoms with van der Waals surface area (Å²) < 4.78 is 20.9. The first-order chi connectivity index (χ1) is 14.6. The monoisotopic (exact) mass is 406 g/mol. The van der Waals surface area contributed by atoms with Crippen LogP contribution >= 0.6 is 0 Å². The van der Waals surface area contributed by atoms with E-state index in [1.165, 1.54) is 14.2 Å². The molecule has 0 fully saturated rings. The SMILES string of the molecule is COC(=O)c1ccc(OCc2cccc(COc3ccc(C(=O)OC)cc3)c2)cc1. The van der Waals surface area contributed by atoms with Gasteiger partial charge in [0.05, 0.1) is 25.3 Å². The Morgan fingerprint density at radius 3 is 1.40 bits per heavy atom. The maximum atomic E-state index is 11.5. The molecule has 0 atom stereocenters. The fourth-order valence-corrected chi connectivity index (χ4v) is 2.75. The second-order valence-corrected chi connectivity index (χ2v) is 6.43. The standard InChI is InChI=1S/C24H22O6/c1-27-23(25)19-6-10-21(11-7-19)29-15-17-4-3-5-18(14-17)16-30-22-12-8-20(9-13-22)24(26)28-2/h3-14H,15-16H2,1-2H3. The van der Waals surface area contributed by atoms with E-state index in [0.29, 0.717) is 35.8 Å². The van der Waals surface area contributed by atoms with Gasteiger partial charge in [0, 0.05) is 0 Å². The first kappa shape index (κ1) is 20.9. The molecule has 3 aromatic rings. The Kier molecular flexibility index (Phi) is 7.05. The predicted octanol–water partition coefficient (Wildman–Crippen LogP) is 4.42. The molecule has 154 valence electrons. The van der Waals surface area contributed by atoms with Crippen molar-refractivity contribution < 1.29 is 28.5 Å². The maximum Gasteiger partial charge on any atom is 0.337 e. The molecule has 0 unspecified atom stereocenters. The minimum absolute atomic E-state index is 0.380. The van der Waals surface area contributed by atoms with Crippen LogP contribution in [0.3, 0.4) is 0 Å². The molecule has 0 aliphatic rings. The molecule has 30 heavy (non-hydrogen) atoms. The Morgan fingerprint density at radius 2 is 1.03 bits per heavy atom. The van der Waals surface area contributed by atoms with Crippen LogP contribution in [-0.4, -0.2) is 26.2 Å². The van der Waals surface area contributed by atoms with Crippen molar-refractivity contribution in [3.63, 3.8) is 0 Å². The van der Waals surface area contributed by atoms with E-state index < -0.39 is 0 Å². The van der Waals surface area contributed by atoms with Crippen molar-refractivity contribution in [1.29, 1.82) is 0 Å². The molecular formula is C24H22O6. The lowest BCUT2D eigenvalue weighted by atomic mass is 10.1. The van der Waals surface area contributed by atoms with Crippen LogP contribution in [-0.2, 0) is 22.7 Å². The number of hydrogen-bond donors (Lipinski definition) is 0. The molecule has 3 aromatic carbocycles. The summed E-state index contributed by atoms with van der Waals surface area (Å²) in [5.41, 5.74) is 2.94. The summed E-state index contributed by atoms with van der Waals surface area (Å²) in [5.74, 6) is 0.563. The summed E-state index contributed by atoms with van der Waals surface area (Å²) in [4.78, 5) is 22.9. The van der Waals surface area contributed by atoms with Crippen LogP contribution in [0.1, 0.15) is 31.8 Å². The van der Waals surface area contributed by atoms with Gasteiger partial charge in [-0.2, -0.15) is 0 Å². The van der Waals surface area contributed by atoms with Gasteiger partial charge in [0.25, 0.3) is 0 Å². The molecule has 0 saturated heterocycles. The summed E-state index contributed by atoms with van der Waals surface area (Å²) in [6.45, 7) is 0.776. The quantitative estimate of drug-likeness (QED) is 0.516. The smallest absolute Gasteiger partial charge is 0.337 e. The highest BCUT2D eigenvalue weighted by Crippen LogP contribution is 2.17. The third kappa shape index (κ3) is 5.61. The normalized spacial score (nSPS) is 10.2. The molecule has 6 heteroatoms. The van der Waals surface area contributed by atoms with E-state index in [2.05, 4.69) is 9.47 Å². The molecular weight excluding hydrogens is 384 g/mol. The van der Waals surface area contributed by atoms with Crippen molar-refractivity contribution in [1.82, 2.24) is 0 Å². The van der Waals surface area contributed by atoms with Gasteiger partial charge in [-0.15, -0.1) is 0 Å². The van der Waals surface area contributed by atoms with Gasteiger partial charge in [0.15, 0.2) is 0 Å². The number of rotatable bonds is 8. The van der Waals surface area contributed by atoms with Gasteiger partial charge in [-0.1, -0.05) is 18.2 Å². The first-order valence-corrected chi connectivity index (χ1v) is 9.29. The zero-order chi connectivity index (χ0) is 21.3. The number of carbonyl (C=O) groups excluding carboxylic acids is 2. The fraction of sp³-hybridized carbons (Fsp3) is 0.167. The van der Waals surface area contributed by atoms with Gasteiger partial charge in [0.1, 0.15) is 24.7 Å². The summed E-state index contributed by atoms with van der Waals surface area (Å²) in [6, 6.07) is 21.5. The molecule has 0 radical (unpaired) electrons. The molecule has 0 aliphatic heterocycles. The Morgan fingerprint density at radius 1 is 0.633 bits per heavy atom. The molecule has 0 amide bonds. The second kappa shape index (κ2) is 10.1. The van der Waals surface area contributed by atoms with Crippen molar-refractivity contribution in [2.45, 2.75) is 13.2 Å². The second-order valence-electron chi connectivity index (χ2n) is 6.43. The van der Waals surface area contributed by atoms with Crippen molar-refractivity contribution in [3.8, 4) is 11.5 Å². The van der Waals surface area contributed by atoms with Gasteiger partial charge in [-0.3, -0.25) is 0 Å². The highest BCUT2D eigenvalue weighted by Gasteiger charge is 2.06. The molecule has 6 nitrogen and oxygen atoms in total. The van der Waals surface area contributed by atoms with Crippen molar-refractivity contribution >= 4 is 11.9 Å². The van der Waals surface area contributed by atoms with E-state index in [0.717, 1.165) is 11.1 Å². The molecule has 3 rings (SSSR count). The third-order valence-corrected chi connectivity index (χ3v) is 4.35. The maximum absolute atomic E-state index is 11.5. The van der Waals surface area contributed by atoms with E-state index in [1.54, 1.807) is 48.5 Å². The topological polar surface area (TPSA) is 71.1 Å². The van der Waals surface area contributed by atoms with Crippen LogP contribution in [0.4, 0.5) is 0 Å². The van der Waals surface area contributed by atoms with Crippen molar-refractivity contribution in [2.75, 3.05) is 14.2 Å². The zero-order valence-electron chi connectivity index (χ0n) is 16.8. The Bertz CT molecular complexity index is 914. The first-order valence-electron chi connectivity index (χ1n) is 9.29. The number of hydrogen-bond acceptors (Lipinski definition) is 6. The van der Waals surface area contributed by atoms with E-state index in [4.69, 9.17) is 9.47 Å². The average molecular weight is 406 g/mol. The number of carbonyl (C=O) groups is 2. The van der Waals surface area contributed by atoms with E-state index in [-0.39, 0.29) is 11.9 Å². The number of methoxy groups -OCH3 is 2. The lowest BCUT2D eigenvalue weighted by Crippen LogP contribution is -2.02. The van der Waals surface area contributed by atoms with Gasteiger partial charge in [-0.05, 0) is 65.7 Å². The van der Waals surface area contributed by atoms with Gasteiger partial charge in [-0.25, -0.2) is 9.59 Å². The van der Waals surface area contributed by atoms with Gasteiger partial charge in [0.2, 0.25) is 0 Å². The van der Waals surface area contributed by atoms with Gasteiger partial charge < -0.3 is 18.9 Å². The minimum atomic E-state index is -0.380. The van der Waals surface area contributed by atoms with Crippen molar-refractivity contribution in [2.24, 2.45) is 0 Å². The average Bonchev–Trinajstić information content (AvgIpc) is 2.81. The summed E-state index contributed by atoms with van der Waals surface area (Å²) in [6.07, 6.45) is 0. The van der Waals surface area contributed by atoms with Crippen LogP contribution in [0.15, 0.2) is 72.8 Å². The highest BCUT2D eigenvalue weighted by atomic mass is 16.5. The van der Waals surface area contributed by atoms with Crippen LogP contribution in [0.25, 0.3) is 0 Å². The Balaban J connectivity index is 1.54. The number of benzene rings is 3. The lowest BCUT2D eigenvalue weighted by Gasteiger charge is -2.10.